The van der Waals surface area contributed by atoms with Crippen molar-refractivity contribution in [2.75, 3.05) is 13.1 Å². The summed E-state index contributed by atoms with van der Waals surface area (Å²) in [4.78, 5) is 28.6. The Morgan fingerprint density at radius 3 is 2.69 bits per heavy atom. The fourth-order valence-corrected chi connectivity index (χ4v) is 4.68. The van der Waals surface area contributed by atoms with E-state index in [0.29, 0.717) is 6.42 Å². The molecule has 0 saturated carbocycles. The summed E-state index contributed by atoms with van der Waals surface area (Å²) < 4.78 is 0. The number of likely N-dealkylation sites (tertiary alicyclic amines) is 1. The van der Waals surface area contributed by atoms with Crippen LogP contribution >= 0.6 is 0 Å². The van der Waals surface area contributed by atoms with Gasteiger partial charge in [0.05, 0.1) is 12.1 Å². The first-order valence-corrected chi connectivity index (χ1v) is 9.50. The van der Waals surface area contributed by atoms with Crippen LogP contribution < -0.4 is 0 Å². The molecule has 1 fully saturated rings. The number of piperidine rings is 1. The van der Waals surface area contributed by atoms with Gasteiger partial charge in [-0.3, -0.25) is 9.78 Å². The molecule has 1 unspecified atom stereocenters. The first-order valence-electron chi connectivity index (χ1n) is 9.50. The number of rotatable bonds is 2. The Labute approximate surface area is 154 Å². The van der Waals surface area contributed by atoms with E-state index in [1.165, 1.54) is 11.3 Å². The number of hydrogen-bond acceptors (Lipinski definition) is 4. The maximum absolute atomic E-state index is 13.0. The Morgan fingerprint density at radius 1 is 1.15 bits per heavy atom. The molecular weight excluding hydrogens is 324 g/mol. The van der Waals surface area contributed by atoms with Gasteiger partial charge in [-0.15, -0.1) is 0 Å². The average Bonchev–Trinajstić information content (AvgIpc) is 2.91. The van der Waals surface area contributed by atoms with Gasteiger partial charge in [0.25, 0.3) is 0 Å². The molecular formula is C21H26N4O. The highest BCUT2D eigenvalue weighted by Gasteiger charge is 2.44. The minimum absolute atomic E-state index is 0.0288. The molecule has 5 heteroatoms. The van der Waals surface area contributed by atoms with Crippen LogP contribution in [0.25, 0.3) is 0 Å². The van der Waals surface area contributed by atoms with Crippen molar-refractivity contribution in [1.29, 1.82) is 0 Å². The number of aryl methyl sites for hydroxylation is 4. The van der Waals surface area contributed by atoms with Gasteiger partial charge in [-0.2, -0.15) is 0 Å². The molecule has 136 valence electrons. The summed E-state index contributed by atoms with van der Waals surface area (Å²) in [6, 6.07) is 4.04. The largest absolute Gasteiger partial charge is 0.341 e. The first kappa shape index (κ1) is 17.1. The second kappa shape index (κ2) is 6.45. The van der Waals surface area contributed by atoms with Gasteiger partial charge in [0.15, 0.2) is 0 Å². The summed E-state index contributed by atoms with van der Waals surface area (Å²) >= 11 is 0. The molecule has 1 aliphatic heterocycles. The smallest absolute Gasteiger partial charge is 0.227 e. The quantitative estimate of drug-likeness (QED) is 0.836. The number of amides is 1. The zero-order valence-electron chi connectivity index (χ0n) is 15.9. The minimum atomic E-state index is 0.0288. The molecule has 3 heterocycles. The van der Waals surface area contributed by atoms with Crippen molar-refractivity contribution in [2.24, 2.45) is 0 Å². The van der Waals surface area contributed by atoms with Gasteiger partial charge < -0.3 is 4.90 Å². The van der Waals surface area contributed by atoms with E-state index < -0.39 is 0 Å². The van der Waals surface area contributed by atoms with Crippen LogP contribution in [0.1, 0.15) is 53.3 Å². The summed E-state index contributed by atoms with van der Waals surface area (Å²) in [7, 11) is 0. The Morgan fingerprint density at radius 2 is 1.92 bits per heavy atom. The van der Waals surface area contributed by atoms with Gasteiger partial charge >= 0.3 is 0 Å². The molecule has 1 spiro atoms. The van der Waals surface area contributed by atoms with Crippen LogP contribution in [0.2, 0.25) is 0 Å². The van der Waals surface area contributed by atoms with Crippen molar-refractivity contribution in [3.8, 4) is 0 Å². The van der Waals surface area contributed by atoms with E-state index in [0.717, 1.165) is 61.5 Å². The number of fused-ring (bicyclic) bond motifs is 2. The zero-order chi connectivity index (χ0) is 18.3. The second-order valence-electron chi connectivity index (χ2n) is 7.93. The lowest BCUT2D eigenvalue weighted by atomic mass is 9.77. The predicted molar refractivity (Wildman–Crippen MR) is 100.0 cm³/mol. The van der Waals surface area contributed by atoms with E-state index in [2.05, 4.69) is 14.9 Å². The second-order valence-corrected chi connectivity index (χ2v) is 7.93. The summed E-state index contributed by atoms with van der Waals surface area (Å²) in [6.45, 7) is 7.55. The Hall–Kier alpha value is -2.30. The SMILES string of the molecule is Cc1cc(CC(=O)N2CCCC3(CCc4cnc(C)nc43)C2)cc(C)n1. The van der Waals surface area contributed by atoms with Crippen molar-refractivity contribution in [1.82, 2.24) is 19.9 Å². The molecule has 1 aliphatic carbocycles. The van der Waals surface area contributed by atoms with Crippen LogP contribution in [0.3, 0.4) is 0 Å². The van der Waals surface area contributed by atoms with Crippen molar-refractivity contribution in [2.45, 2.75) is 58.3 Å². The molecule has 26 heavy (non-hydrogen) atoms. The molecule has 2 aliphatic rings. The Kier molecular flexibility index (Phi) is 4.25. The third-order valence-electron chi connectivity index (χ3n) is 5.79. The maximum atomic E-state index is 13.0. The number of nitrogens with zero attached hydrogens (tertiary/aromatic N) is 4. The van der Waals surface area contributed by atoms with Gasteiger partial charge in [0.2, 0.25) is 5.91 Å². The first-order chi connectivity index (χ1) is 12.4. The molecule has 0 bridgehead atoms. The van der Waals surface area contributed by atoms with Gasteiger partial charge in [0, 0.05) is 36.1 Å². The molecule has 1 amide bonds. The molecule has 0 radical (unpaired) electrons. The number of pyridine rings is 1. The lowest BCUT2D eigenvalue weighted by molar-refractivity contribution is -0.132. The number of hydrogen-bond donors (Lipinski definition) is 0. The summed E-state index contributed by atoms with van der Waals surface area (Å²) in [5, 5.41) is 0. The van der Waals surface area contributed by atoms with Gasteiger partial charge in [-0.1, -0.05) is 0 Å². The third kappa shape index (κ3) is 3.11. The van der Waals surface area contributed by atoms with E-state index in [1.807, 2.05) is 39.1 Å². The molecule has 1 atom stereocenters. The fourth-order valence-electron chi connectivity index (χ4n) is 4.68. The molecule has 1 saturated heterocycles. The maximum Gasteiger partial charge on any atom is 0.227 e. The highest BCUT2D eigenvalue weighted by atomic mass is 16.2. The van der Waals surface area contributed by atoms with Crippen LogP contribution in [0.15, 0.2) is 18.3 Å². The number of carbonyl (C=O) groups excluding carboxylic acids is 1. The highest BCUT2D eigenvalue weighted by molar-refractivity contribution is 5.79. The average molecular weight is 350 g/mol. The standard InChI is InChI=1S/C21H26N4O/c1-14-9-17(10-15(2)23-14)11-19(26)25-8-4-6-21(13-25)7-5-18-12-22-16(3)24-20(18)21/h9-10,12H,4-8,11,13H2,1-3H3. The van der Waals surface area contributed by atoms with E-state index in [1.54, 1.807) is 0 Å². The zero-order valence-corrected chi connectivity index (χ0v) is 15.9. The van der Waals surface area contributed by atoms with Gasteiger partial charge in [-0.05, 0) is 69.7 Å². The Balaban J connectivity index is 1.54. The third-order valence-corrected chi connectivity index (χ3v) is 5.79. The van der Waals surface area contributed by atoms with Crippen LogP contribution in [0.5, 0.6) is 0 Å². The predicted octanol–water partition coefficient (Wildman–Crippen LogP) is 2.85. The molecule has 4 rings (SSSR count). The monoisotopic (exact) mass is 350 g/mol. The van der Waals surface area contributed by atoms with E-state index in [-0.39, 0.29) is 11.3 Å². The van der Waals surface area contributed by atoms with Gasteiger partial charge in [-0.25, -0.2) is 9.97 Å². The van der Waals surface area contributed by atoms with Gasteiger partial charge in [0.1, 0.15) is 5.82 Å². The Bertz CT molecular complexity index is 839. The van der Waals surface area contributed by atoms with Crippen molar-refractivity contribution >= 4 is 5.91 Å². The van der Waals surface area contributed by atoms with Crippen LogP contribution in [-0.2, 0) is 23.1 Å². The van der Waals surface area contributed by atoms with Crippen LogP contribution in [0, 0.1) is 20.8 Å². The van der Waals surface area contributed by atoms with E-state index in [4.69, 9.17) is 4.98 Å². The van der Waals surface area contributed by atoms with Crippen LogP contribution in [0.4, 0.5) is 0 Å². The summed E-state index contributed by atoms with van der Waals surface area (Å²) in [5.74, 6) is 1.05. The number of aromatic nitrogens is 3. The lowest BCUT2D eigenvalue weighted by Crippen LogP contribution is -2.48. The minimum Gasteiger partial charge on any atom is -0.341 e. The number of carbonyl (C=O) groups is 1. The molecule has 2 aromatic rings. The van der Waals surface area contributed by atoms with E-state index >= 15 is 0 Å². The van der Waals surface area contributed by atoms with Crippen molar-refractivity contribution in [3.05, 3.63) is 52.4 Å². The normalized spacial score (nSPS) is 21.9. The summed E-state index contributed by atoms with van der Waals surface area (Å²) in [6.07, 6.45) is 6.71. The molecule has 2 aromatic heterocycles. The molecule has 5 nitrogen and oxygen atoms in total. The summed E-state index contributed by atoms with van der Waals surface area (Å²) in [5.41, 5.74) is 5.49. The lowest BCUT2D eigenvalue weighted by Gasteiger charge is -2.40. The topological polar surface area (TPSA) is 59.0 Å². The molecule has 0 aromatic carbocycles. The van der Waals surface area contributed by atoms with Crippen molar-refractivity contribution in [3.63, 3.8) is 0 Å². The van der Waals surface area contributed by atoms with E-state index in [9.17, 15) is 4.79 Å². The van der Waals surface area contributed by atoms with Crippen LogP contribution in [-0.4, -0.2) is 38.8 Å². The highest BCUT2D eigenvalue weighted by Crippen LogP contribution is 2.43. The molecule has 0 N–H and O–H groups in total. The van der Waals surface area contributed by atoms with Crippen molar-refractivity contribution < 1.29 is 4.79 Å². The fraction of sp³-hybridized carbons (Fsp3) is 0.524.